The highest BCUT2D eigenvalue weighted by molar-refractivity contribution is 5.90. The van der Waals surface area contributed by atoms with E-state index in [-0.39, 0.29) is 5.97 Å². The Morgan fingerprint density at radius 2 is 2.42 bits per heavy atom. The molecular weight excluding hydrogens is 154 g/mol. The number of carbonyl (C=O) groups is 1. The summed E-state index contributed by atoms with van der Waals surface area (Å²) in [6, 6.07) is 3.78. The molecule has 0 amide bonds. The lowest BCUT2D eigenvalue weighted by molar-refractivity contribution is -0.134. The summed E-state index contributed by atoms with van der Waals surface area (Å²) in [4.78, 5) is 13.8. The van der Waals surface area contributed by atoms with E-state index in [0.29, 0.717) is 0 Å². The number of ether oxygens (including phenoxy) is 1. The van der Waals surface area contributed by atoms with Gasteiger partial charge in [-0.25, -0.2) is 4.79 Å². The Balaban J connectivity index is 2.77. The Labute approximate surface area is 71.1 Å². The SMILES string of the molecule is COC(=O)/C=C(/C)c1ccc[nH]1. The first-order valence-electron chi connectivity index (χ1n) is 3.64. The van der Waals surface area contributed by atoms with Crippen molar-refractivity contribution in [3.63, 3.8) is 0 Å². The highest BCUT2D eigenvalue weighted by Crippen LogP contribution is 2.09. The molecule has 1 rings (SSSR count). The fraction of sp³-hybridized carbons (Fsp3) is 0.222. The first kappa shape index (κ1) is 8.59. The molecule has 3 heteroatoms. The average Bonchev–Trinajstić information content (AvgIpc) is 2.56. The summed E-state index contributed by atoms with van der Waals surface area (Å²) in [6.45, 7) is 1.85. The van der Waals surface area contributed by atoms with Crippen LogP contribution in [0.4, 0.5) is 0 Å². The van der Waals surface area contributed by atoms with Crippen molar-refractivity contribution in [1.82, 2.24) is 4.98 Å². The molecule has 1 N–H and O–H groups in total. The van der Waals surface area contributed by atoms with E-state index in [0.717, 1.165) is 11.3 Å². The summed E-state index contributed by atoms with van der Waals surface area (Å²) in [5.41, 5.74) is 1.80. The van der Waals surface area contributed by atoms with Crippen LogP contribution in [0.25, 0.3) is 5.57 Å². The van der Waals surface area contributed by atoms with Crippen LogP contribution in [0.5, 0.6) is 0 Å². The third-order valence-electron chi connectivity index (χ3n) is 1.56. The van der Waals surface area contributed by atoms with Crippen molar-refractivity contribution >= 4 is 11.5 Å². The standard InChI is InChI=1S/C9H11NO2/c1-7(6-9(11)12-2)8-4-3-5-10-8/h3-6,10H,1-2H3/b7-6-. The summed E-state index contributed by atoms with van der Waals surface area (Å²) in [5, 5.41) is 0. The van der Waals surface area contributed by atoms with Crippen LogP contribution in [0.2, 0.25) is 0 Å². The lowest BCUT2D eigenvalue weighted by Gasteiger charge is -1.96. The Bertz CT molecular complexity index is 285. The molecule has 0 bridgehead atoms. The second-order valence-corrected chi connectivity index (χ2v) is 2.43. The van der Waals surface area contributed by atoms with Crippen LogP contribution >= 0.6 is 0 Å². The minimum Gasteiger partial charge on any atom is -0.466 e. The average molecular weight is 165 g/mol. The van der Waals surface area contributed by atoms with Crippen molar-refractivity contribution in [1.29, 1.82) is 0 Å². The highest BCUT2D eigenvalue weighted by atomic mass is 16.5. The Kier molecular flexibility index (Phi) is 2.69. The predicted molar refractivity (Wildman–Crippen MR) is 46.5 cm³/mol. The Morgan fingerprint density at radius 3 is 2.92 bits per heavy atom. The summed E-state index contributed by atoms with van der Waals surface area (Å²) in [7, 11) is 1.36. The molecule has 0 aromatic carbocycles. The van der Waals surface area contributed by atoms with E-state index in [1.54, 1.807) is 0 Å². The number of rotatable bonds is 2. The highest BCUT2D eigenvalue weighted by Gasteiger charge is 1.98. The normalized spacial score (nSPS) is 11.3. The molecule has 0 atom stereocenters. The van der Waals surface area contributed by atoms with Crippen LogP contribution in [0.1, 0.15) is 12.6 Å². The van der Waals surface area contributed by atoms with Crippen molar-refractivity contribution in [3.05, 3.63) is 30.1 Å². The zero-order valence-electron chi connectivity index (χ0n) is 7.13. The molecule has 0 fully saturated rings. The quantitative estimate of drug-likeness (QED) is 0.534. The van der Waals surface area contributed by atoms with Crippen LogP contribution < -0.4 is 0 Å². The van der Waals surface area contributed by atoms with Gasteiger partial charge in [-0.05, 0) is 24.6 Å². The monoisotopic (exact) mass is 165 g/mol. The molecule has 0 aliphatic rings. The lowest BCUT2D eigenvalue weighted by Crippen LogP contribution is -1.95. The Morgan fingerprint density at radius 1 is 1.67 bits per heavy atom. The summed E-state index contributed by atoms with van der Waals surface area (Å²) < 4.78 is 4.49. The third kappa shape index (κ3) is 1.99. The van der Waals surface area contributed by atoms with Gasteiger partial charge < -0.3 is 9.72 Å². The van der Waals surface area contributed by atoms with E-state index in [9.17, 15) is 4.79 Å². The van der Waals surface area contributed by atoms with Gasteiger partial charge in [0.25, 0.3) is 0 Å². The Hall–Kier alpha value is -1.51. The van der Waals surface area contributed by atoms with Crippen molar-refractivity contribution in [3.8, 4) is 0 Å². The molecule has 1 heterocycles. The molecule has 0 aliphatic carbocycles. The van der Waals surface area contributed by atoms with Gasteiger partial charge >= 0.3 is 5.97 Å². The number of aromatic nitrogens is 1. The lowest BCUT2D eigenvalue weighted by atomic mass is 10.2. The predicted octanol–water partition coefficient (Wildman–Crippen LogP) is 1.59. The number of allylic oxidation sites excluding steroid dienone is 1. The van der Waals surface area contributed by atoms with Crippen molar-refractivity contribution in [2.75, 3.05) is 7.11 Å². The number of hydrogen-bond donors (Lipinski definition) is 1. The molecule has 0 radical (unpaired) electrons. The van der Waals surface area contributed by atoms with Gasteiger partial charge in [0.05, 0.1) is 7.11 Å². The van der Waals surface area contributed by atoms with E-state index >= 15 is 0 Å². The van der Waals surface area contributed by atoms with Gasteiger partial charge in [0.2, 0.25) is 0 Å². The maximum absolute atomic E-state index is 10.8. The van der Waals surface area contributed by atoms with E-state index < -0.39 is 0 Å². The van der Waals surface area contributed by atoms with Crippen molar-refractivity contribution in [2.45, 2.75) is 6.92 Å². The largest absolute Gasteiger partial charge is 0.466 e. The van der Waals surface area contributed by atoms with Gasteiger partial charge in [-0.3, -0.25) is 0 Å². The van der Waals surface area contributed by atoms with Crippen molar-refractivity contribution in [2.24, 2.45) is 0 Å². The van der Waals surface area contributed by atoms with E-state index in [1.165, 1.54) is 13.2 Å². The molecule has 0 unspecified atom stereocenters. The molecule has 0 saturated carbocycles. The third-order valence-corrected chi connectivity index (χ3v) is 1.56. The number of esters is 1. The van der Waals surface area contributed by atoms with Gasteiger partial charge in [0.15, 0.2) is 0 Å². The summed E-state index contributed by atoms with van der Waals surface area (Å²) in [5.74, 6) is -0.331. The minimum atomic E-state index is -0.331. The summed E-state index contributed by atoms with van der Waals surface area (Å²) >= 11 is 0. The van der Waals surface area contributed by atoms with E-state index in [1.807, 2.05) is 25.3 Å². The van der Waals surface area contributed by atoms with Crippen LogP contribution in [0.3, 0.4) is 0 Å². The van der Waals surface area contributed by atoms with Crippen LogP contribution in [0, 0.1) is 0 Å². The van der Waals surface area contributed by atoms with Crippen molar-refractivity contribution < 1.29 is 9.53 Å². The summed E-state index contributed by atoms with van der Waals surface area (Å²) in [6.07, 6.45) is 3.26. The minimum absolute atomic E-state index is 0.331. The molecule has 64 valence electrons. The molecule has 0 aliphatic heterocycles. The molecule has 1 aromatic rings. The maximum Gasteiger partial charge on any atom is 0.330 e. The number of methoxy groups -OCH3 is 1. The van der Waals surface area contributed by atoms with Crippen LogP contribution in [0.15, 0.2) is 24.4 Å². The number of H-pyrrole nitrogens is 1. The zero-order chi connectivity index (χ0) is 8.97. The van der Waals surface area contributed by atoms with Gasteiger partial charge in [-0.15, -0.1) is 0 Å². The second kappa shape index (κ2) is 3.76. The first-order chi connectivity index (χ1) is 5.74. The smallest absolute Gasteiger partial charge is 0.330 e. The number of aromatic amines is 1. The van der Waals surface area contributed by atoms with Gasteiger partial charge in [-0.1, -0.05) is 0 Å². The maximum atomic E-state index is 10.8. The van der Waals surface area contributed by atoms with E-state index in [4.69, 9.17) is 0 Å². The number of hydrogen-bond acceptors (Lipinski definition) is 2. The second-order valence-electron chi connectivity index (χ2n) is 2.43. The van der Waals surface area contributed by atoms with Crippen LogP contribution in [-0.4, -0.2) is 18.1 Å². The number of carbonyl (C=O) groups excluding carboxylic acids is 1. The fourth-order valence-corrected chi connectivity index (χ4v) is 0.889. The first-order valence-corrected chi connectivity index (χ1v) is 3.64. The molecule has 3 nitrogen and oxygen atoms in total. The van der Waals surface area contributed by atoms with E-state index in [2.05, 4.69) is 9.72 Å². The number of nitrogens with one attached hydrogen (secondary N) is 1. The molecular formula is C9H11NO2. The van der Waals surface area contributed by atoms with Gasteiger partial charge in [0.1, 0.15) is 0 Å². The topological polar surface area (TPSA) is 42.1 Å². The van der Waals surface area contributed by atoms with Gasteiger partial charge in [0, 0.05) is 18.0 Å². The molecule has 0 spiro atoms. The zero-order valence-corrected chi connectivity index (χ0v) is 7.13. The molecule has 0 saturated heterocycles. The van der Waals surface area contributed by atoms with Crippen LogP contribution in [-0.2, 0) is 9.53 Å². The molecule has 1 aromatic heterocycles. The van der Waals surface area contributed by atoms with Gasteiger partial charge in [-0.2, -0.15) is 0 Å². The molecule has 12 heavy (non-hydrogen) atoms. The fourth-order valence-electron chi connectivity index (χ4n) is 0.889.